The van der Waals surface area contributed by atoms with Gasteiger partial charge in [-0.3, -0.25) is 9.59 Å². The van der Waals surface area contributed by atoms with Gasteiger partial charge in [-0.2, -0.15) is 0 Å². The molecule has 1 aromatic rings. The van der Waals surface area contributed by atoms with Crippen molar-refractivity contribution in [3.63, 3.8) is 0 Å². The van der Waals surface area contributed by atoms with Gasteiger partial charge in [0.15, 0.2) is 0 Å². The van der Waals surface area contributed by atoms with Crippen molar-refractivity contribution in [2.75, 3.05) is 20.3 Å². The van der Waals surface area contributed by atoms with Crippen molar-refractivity contribution < 1.29 is 27.9 Å². The van der Waals surface area contributed by atoms with Gasteiger partial charge in [0, 0.05) is 25.3 Å². The number of ether oxygens (including phenoxy) is 1. The molecule has 0 saturated heterocycles. The molecule has 3 N–H and O–H groups in total. The topological polar surface area (TPSA) is 122 Å². The van der Waals surface area contributed by atoms with Gasteiger partial charge >= 0.3 is 5.97 Å². The maximum atomic E-state index is 12.3. The third-order valence-electron chi connectivity index (χ3n) is 4.12. The Morgan fingerprint density at radius 3 is 2.72 bits per heavy atom. The Bertz CT molecular complexity index is 734. The number of methoxy groups -OCH3 is 1. The van der Waals surface area contributed by atoms with E-state index in [0.717, 1.165) is 0 Å². The molecule has 138 valence electrons. The maximum absolute atomic E-state index is 12.3. The van der Waals surface area contributed by atoms with Gasteiger partial charge < -0.3 is 15.2 Å². The van der Waals surface area contributed by atoms with Crippen molar-refractivity contribution in [3.8, 4) is 0 Å². The Kier molecular flexibility index (Phi) is 6.51. The Balaban J connectivity index is 2.03. The highest BCUT2D eigenvalue weighted by molar-refractivity contribution is 7.89. The predicted octanol–water partition coefficient (Wildman–Crippen LogP) is 0.594. The second-order valence-corrected chi connectivity index (χ2v) is 7.70. The summed E-state index contributed by atoms with van der Waals surface area (Å²) in [6.07, 6.45) is 1.51. The van der Waals surface area contributed by atoms with Gasteiger partial charge in [-0.15, -0.1) is 0 Å². The zero-order valence-electron chi connectivity index (χ0n) is 13.9. The molecule has 1 aliphatic rings. The van der Waals surface area contributed by atoms with Crippen molar-refractivity contribution >= 4 is 21.9 Å². The van der Waals surface area contributed by atoms with Gasteiger partial charge in [-0.25, -0.2) is 13.1 Å². The van der Waals surface area contributed by atoms with E-state index in [1.165, 1.54) is 31.4 Å². The van der Waals surface area contributed by atoms with Crippen LogP contribution in [0.2, 0.25) is 0 Å². The van der Waals surface area contributed by atoms with E-state index in [0.29, 0.717) is 19.3 Å². The molecule has 1 amide bonds. The van der Waals surface area contributed by atoms with Crippen LogP contribution >= 0.6 is 0 Å². The standard InChI is InChI=1S/C16H22N2O6S/c1-24-8-7-17-25(22,23)14-4-2-3-11(10-14)15(19)18-13-6-5-12(9-13)16(20)21/h2-4,10,12-13,17H,5-9H2,1H3,(H,18,19)(H,20,21)/t12-,13+/m0/s1. The van der Waals surface area contributed by atoms with E-state index in [4.69, 9.17) is 9.84 Å². The fraction of sp³-hybridized carbons (Fsp3) is 0.500. The Hall–Kier alpha value is -1.97. The summed E-state index contributed by atoms with van der Waals surface area (Å²) in [5.41, 5.74) is 0.216. The molecule has 2 rings (SSSR count). The lowest BCUT2D eigenvalue weighted by molar-refractivity contribution is -0.141. The van der Waals surface area contributed by atoms with Crippen molar-refractivity contribution in [2.45, 2.75) is 30.2 Å². The molecule has 0 aromatic heterocycles. The number of hydrogen-bond acceptors (Lipinski definition) is 5. The SMILES string of the molecule is COCCNS(=O)(=O)c1cccc(C(=O)N[C@@H]2CC[C@H](C(=O)O)C2)c1. The first-order chi connectivity index (χ1) is 11.8. The minimum Gasteiger partial charge on any atom is -0.481 e. The van der Waals surface area contributed by atoms with Crippen LogP contribution in [-0.4, -0.2) is 51.7 Å². The van der Waals surface area contributed by atoms with Crippen molar-refractivity contribution in [1.82, 2.24) is 10.0 Å². The van der Waals surface area contributed by atoms with Crippen molar-refractivity contribution in [2.24, 2.45) is 5.92 Å². The lowest BCUT2D eigenvalue weighted by Gasteiger charge is -2.13. The van der Waals surface area contributed by atoms with Crippen molar-refractivity contribution in [1.29, 1.82) is 0 Å². The molecule has 25 heavy (non-hydrogen) atoms. The average Bonchev–Trinajstić information content (AvgIpc) is 3.04. The quantitative estimate of drug-likeness (QED) is 0.576. The first kappa shape index (κ1) is 19.4. The van der Waals surface area contributed by atoms with E-state index < -0.39 is 27.8 Å². The molecule has 9 heteroatoms. The van der Waals surface area contributed by atoms with Crippen LogP contribution in [0, 0.1) is 5.92 Å². The van der Waals surface area contributed by atoms with Crippen LogP contribution in [-0.2, 0) is 19.6 Å². The van der Waals surface area contributed by atoms with Gasteiger partial charge in [0.2, 0.25) is 10.0 Å². The van der Waals surface area contributed by atoms with Gasteiger partial charge in [0.1, 0.15) is 0 Å². The summed E-state index contributed by atoms with van der Waals surface area (Å²) in [6, 6.07) is 5.51. The molecule has 1 aromatic carbocycles. The van der Waals surface area contributed by atoms with E-state index in [1.54, 1.807) is 0 Å². The predicted molar refractivity (Wildman–Crippen MR) is 89.7 cm³/mol. The Labute approximate surface area is 146 Å². The summed E-state index contributed by atoms with van der Waals surface area (Å²) in [6.45, 7) is 0.375. The highest BCUT2D eigenvalue weighted by Gasteiger charge is 2.30. The summed E-state index contributed by atoms with van der Waals surface area (Å²) in [4.78, 5) is 23.3. The normalized spacial score (nSPS) is 20.4. The molecular weight excluding hydrogens is 348 g/mol. The third-order valence-corrected chi connectivity index (χ3v) is 5.58. The summed E-state index contributed by atoms with van der Waals surface area (Å²) < 4.78 is 31.5. The molecule has 0 aliphatic heterocycles. The number of benzene rings is 1. The maximum Gasteiger partial charge on any atom is 0.306 e. The van der Waals surface area contributed by atoms with Gasteiger partial charge in [0.25, 0.3) is 5.91 Å². The summed E-state index contributed by atoms with van der Waals surface area (Å²) in [5.74, 6) is -1.71. The zero-order valence-corrected chi connectivity index (χ0v) is 14.7. The first-order valence-corrected chi connectivity index (χ1v) is 9.44. The number of nitrogens with one attached hydrogen (secondary N) is 2. The van der Waals surface area contributed by atoms with Gasteiger partial charge in [-0.05, 0) is 37.5 Å². The van der Waals surface area contributed by atoms with Gasteiger partial charge in [-0.1, -0.05) is 6.07 Å². The molecule has 0 unspecified atom stereocenters. The van der Waals surface area contributed by atoms with E-state index in [2.05, 4.69) is 10.0 Å². The van der Waals surface area contributed by atoms with Crippen LogP contribution in [0.5, 0.6) is 0 Å². The van der Waals surface area contributed by atoms with E-state index in [1.807, 2.05) is 0 Å². The first-order valence-electron chi connectivity index (χ1n) is 7.96. The molecule has 0 heterocycles. The third kappa shape index (κ3) is 5.25. The zero-order chi connectivity index (χ0) is 18.4. The fourth-order valence-corrected chi connectivity index (χ4v) is 3.83. The van der Waals surface area contributed by atoms with Crippen LogP contribution in [0.15, 0.2) is 29.2 Å². The molecule has 1 saturated carbocycles. The summed E-state index contributed by atoms with van der Waals surface area (Å²) >= 11 is 0. The minimum atomic E-state index is -3.72. The average molecular weight is 370 g/mol. The second kappa shape index (κ2) is 8.41. The van der Waals surface area contributed by atoms with Crippen LogP contribution in [0.4, 0.5) is 0 Å². The van der Waals surface area contributed by atoms with E-state index in [9.17, 15) is 18.0 Å². The smallest absolute Gasteiger partial charge is 0.306 e. The monoisotopic (exact) mass is 370 g/mol. The number of aliphatic carboxylic acids is 1. The number of carboxylic acid groups (broad SMARTS) is 1. The Morgan fingerprint density at radius 2 is 2.08 bits per heavy atom. The lowest BCUT2D eigenvalue weighted by atomic mass is 10.1. The fourth-order valence-electron chi connectivity index (χ4n) is 2.77. The van der Waals surface area contributed by atoms with Crippen molar-refractivity contribution in [3.05, 3.63) is 29.8 Å². The number of carboxylic acids is 1. The molecule has 1 fully saturated rings. The highest BCUT2D eigenvalue weighted by atomic mass is 32.2. The molecule has 2 atom stereocenters. The van der Waals surface area contributed by atoms with E-state index in [-0.39, 0.29) is 29.7 Å². The number of rotatable bonds is 8. The summed E-state index contributed by atoms with van der Waals surface area (Å²) in [7, 11) is -2.25. The van der Waals surface area contributed by atoms with E-state index >= 15 is 0 Å². The largest absolute Gasteiger partial charge is 0.481 e. The lowest BCUT2D eigenvalue weighted by Crippen LogP contribution is -2.33. The molecule has 0 spiro atoms. The van der Waals surface area contributed by atoms with Crippen LogP contribution in [0.25, 0.3) is 0 Å². The minimum absolute atomic E-state index is 0.00825. The van der Waals surface area contributed by atoms with Crippen LogP contribution in [0.1, 0.15) is 29.6 Å². The number of hydrogen-bond donors (Lipinski definition) is 3. The van der Waals surface area contributed by atoms with Crippen LogP contribution < -0.4 is 10.0 Å². The number of sulfonamides is 1. The number of carbonyl (C=O) groups excluding carboxylic acids is 1. The summed E-state index contributed by atoms with van der Waals surface area (Å²) in [5, 5.41) is 11.8. The number of amides is 1. The Morgan fingerprint density at radius 1 is 1.32 bits per heavy atom. The highest BCUT2D eigenvalue weighted by Crippen LogP contribution is 2.26. The molecule has 8 nitrogen and oxygen atoms in total. The molecule has 1 aliphatic carbocycles. The second-order valence-electron chi connectivity index (χ2n) is 5.94. The molecule has 0 radical (unpaired) electrons. The number of carbonyl (C=O) groups is 2. The molecular formula is C16H22N2O6S. The molecule has 0 bridgehead atoms. The van der Waals surface area contributed by atoms with Crippen LogP contribution in [0.3, 0.4) is 0 Å². The van der Waals surface area contributed by atoms with Gasteiger partial charge in [0.05, 0.1) is 17.4 Å².